The molecule has 1 N–H and O–H groups in total. The number of sulfonamides is 1. The van der Waals surface area contributed by atoms with Crippen LogP contribution in [0.2, 0.25) is 0 Å². The number of aryl methyl sites for hydroxylation is 2. The third-order valence-electron chi connectivity index (χ3n) is 6.77. The molecule has 5 rings (SSSR count). The number of carbonyl (C=O) groups excluding carboxylic acids is 1. The maximum Gasteiger partial charge on any atom is 0.243 e. The highest BCUT2D eigenvalue weighted by molar-refractivity contribution is 7.89. The van der Waals surface area contributed by atoms with Gasteiger partial charge in [0.15, 0.2) is 0 Å². The van der Waals surface area contributed by atoms with Crippen LogP contribution in [-0.2, 0) is 21.4 Å². The molecule has 1 aliphatic heterocycles. The summed E-state index contributed by atoms with van der Waals surface area (Å²) in [5, 5.41) is 5.30. The fourth-order valence-electron chi connectivity index (χ4n) is 4.95. The molecule has 1 aromatic heterocycles. The molecule has 0 spiro atoms. The molecule has 0 radical (unpaired) electrons. The summed E-state index contributed by atoms with van der Waals surface area (Å²) < 4.78 is 30.0. The quantitative estimate of drug-likeness (QED) is 0.433. The summed E-state index contributed by atoms with van der Waals surface area (Å²) in [6.07, 6.45) is 1.33. The molecular weight excluding hydrogens is 446 g/mol. The number of anilines is 1. The van der Waals surface area contributed by atoms with Crippen LogP contribution in [0.4, 0.5) is 5.69 Å². The van der Waals surface area contributed by atoms with Gasteiger partial charge in [-0.15, -0.1) is 0 Å². The monoisotopic (exact) mass is 475 g/mol. The average molecular weight is 476 g/mol. The van der Waals surface area contributed by atoms with Crippen molar-refractivity contribution in [1.82, 2.24) is 8.87 Å². The molecule has 6 nitrogen and oxygen atoms in total. The van der Waals surface area contributed by atoms with Crippen LogP contribution < -0.4 is 5.32 Å². The van der Waals surface area contributed by atoms with Gasteiger partial charge in [-0.2, -0.15) is 4.31 Å². The topological polar surface area (TPSA) is 71.4 Å². The zero-order chi connectivity index (χ0) is 23.9. The Hall–Kier alpha value is -3.16. The van der Waals surface area contributed by atoms with Crippen molar-refractivity contribution in [3.05, 3.63) is 72.3 Å². The number of rotatable bonds is 5. The number of amides is 1. The Labute approximate surface area is 200 Å². The maximum atomic E-state index is 13.1. The first-order valence-electron chi connectivity index (χ1n) is 11.8. The van der Waals surface area contributed by atoms with E-state index in [4.69, 9.17) is 0 Å². The van der Waals surface area contributed by atoms with E-state index < -0.39 is 10.0 Å². The van der Waals surface area contributed by atoms with Gasteiger partial charge in [-0.1, -0.05) is 35.9 Å². The van der Waals surface area contributed by atoms with Crippen molar-refractivity contribution in [2.24, 2.45) is 5.92 Å². The van der Waals surface area contributed by atoms with Crippen molar-refractivity contribution < 1.29 is 13.2 Å². The highest BCUT2D eigenvalue weighted by atomic mass is 32.2. The van der Waals surface area contributed by atoms with E-state index in [-0.39, 0.29) is 23.3 Å². The average Bonchev–Trinajstić information content (AvgIpc) is 3.17. The summed E-state index contributed by atoms with van der Waals surface area (Å²) in [6.45, 7) is 5.54. The number of fused-ring (bicyclic) bond motifs is 3. The van der Waals surface area contributed by atoms with E-state index in [1.54, 1.807) is 24.3 Å². The lowest BCUT2D eigenvalue weighted by molar-refractivity contribution is -0.120. The highest BCUT2D eigenvalue weighted by Gasteiger charge is 2.33. The molecule has 0 saturated carbocycles. The fourth-order valence-corrected chi connectivity index (χ4v) is 6.47. The highest BCUT2D eigenvalue weighted by Crippen LogP contribution is 2.31. The minimum Gasteiger partial charge on any atom is -0.341 e. The van der Waals surface area contributed by atoms with Crippen molar-refractivity contribution in [3.8, 4) is 0 Å². The second-order valence-corrected chi connectivity index (χ2v) is 10.9. The minimum absolute atomic E-state index is 0.137. The summed E-state index contributed by atoms with van der Waals surface area (Å²) in [4.78, 5) is 13.4. The molecule has 176 valence electrons. The molecule has 34 heavy (non-hydrogen) atoms. The molecule has 1 atom stereocenters. The third-order valence-corrected chi connectivity index (χ3v) is 8.65. The molecule has 0 unspecified atom stereocenters. The van der Waals surface area contributed by atoms with Gasteiger partial charge in [0.05, 0.1) is 10.8 Å². The van der Waals surface area contributed by atoms with E-state index in [2.05, 4.69) is 28.9 Å². The van der Waals surface area contributed by atoms with Crippen LogP contribution in [0, 0.1) is 12.8 Å². The van der Waals surface area contributed by atoms with E-state index in [0.29, 0.717) is 19.4 Å². The van der Waals surface area contributed by atoms with Gasteiger partial charge in [0.25, 0.3) is 0 Å². The Kier molecular flexibility index (Phi) is 5.91. The first kappa shape index (κ1) is 22.6. The van der Waals surface area contributed by atoms with Gasteiger partial charge < -0.3 is 9.88 Å². The molecule has 1 amide bonds. The largest absolute Gasteiger partial charge is 0.341 e. The third kappa shape index (κ3) is 3.99. The van der Waals surface area contributed by atoms with Crippen LogP contribution in [0.5, 0.6) is 0 Å². The second-order valence-electron chi connectivity index (χ2n) is 9.00. The van der Waals surface area contributed by atoms with Crippen LogP contribution in [0.1, 0.15) is 25.3 Å². The van der Waals surface area contributed by atoms with Gasteiger partial charge in [0.1, 0.15) is 0 Å². The van der Waals surface area contributed by atoms with Crippen molar-refractivity contribution in [3.63, 3.8) is 0 Å². The van der Waals surface area contributed by atoms with Gasteiger partial charge in [-0.3, -0.25) is 4.79 Å². The molecule has 1 aliphatic rings. The molecule has 1 fully saturated rings. The van der Waals surface area contributed by atoms with Crippen LogP contribution in [0.3, 0.4) is 0 Å². The van der Waals surface area contributed by atoms with Crippen molar-refractivity contribution >= 4 is 43.4 Å². The smallest absolute Gasteiger partial charge is 0.243 e. The molecule has 0 bridgehead atoms. The van der Waals surface area contributed by atoms with Gasteiger partial charge in [0.2, 0.25) is 15.9 Å². The summed E-state index contributed by atoms with van der Waals surface area (Å²) in [5.41, 5.74) is 4.05. The number of aromatic nitrogens is 1. The maximum absolute atomic E-state index is 13.1. The Morgan fingerprint density at radius 2 is 1.74 bits per heavy atom. The molecule has 2 heterocycles. The Morgan fingerprint density at radius 3 is 2.50 bits per heavy atom. The van der Waals surface area contributed by atoms with Gasteiger partial charge in [0, 0.05) is 47.1 Å². The standard InChI is InChI=1S/C27H29N3O3S/c1-3-30-25-9-5-4-8-23(25)24-17-21(12-15-26(24)30)28-27(31)20-7-6-16-29(18-20)34(32,33)22-13-10-19(2)11-14-22/h4-5,8-15,17,20H,3,6-7,16,18H2,1-2H3,(H,28,31)/t20-/m1/s1. The fraction of sp³-hybridized carbons (Fsp3) is 0.296. The van der Waals surface area contributed by atoms with Crippen LogP contribution in [0.25, 0.3) is 21.8 Å². The Bertz CT molecular complexity index is 1470. The summed E-state index contributed by atoms with van der Waals surface area (Å²) in [5.74, 6) is -0.524. The van der Waals surface area contributed by atoms with Gasteiger partial charge >= 0.3 is 0 Å². The number of hydrogen-bond acceptors (Lipinski definition) is 3. The Morgan fingerprint density at radius 1 is 1.00 bits per heavy atom. The van der Waals surface area contributed by atoms with E-state index in [9.17, 15) is 13.2 Å². The van der Waals surface area contributed by atoms with Crippen LogP contribution >= 0.6 is 0 Å². The summed E-state index contributed by atoms with van der Waals surface area (Å²) >= 11 is 0. The second kappa shape index (κ2) is 8.89. The molecule has 4 aromatic rings. The number of carbonyl (C=O) groups is 1. The Balaban J connectivity index is 1.37. The van der Waals surface area contributed by atoms with E-state index in [1.165, 1.54) is 9.82 Å². The van der Waals surface area contributed by atoms with Gasteiger partial charge in [-0.05, 0) is 63.1 Å². The van der Waals surface area contributed by atoms with Crippen LogP contribution in [0.15, 0.2) is 71.6 Å². The number of nitrogens with zero attached hydrogens (tertiary/aromatic N) is 2. The zero-order valence-electron chi connectivity index (χ0n) is 19.5. The van der Waals surface area contributed by atoms with Crippen molar-refractivity contribution in [1.29, 1.82) is 0 Å². The van der Waals surface area contributed by atoms with Crippen molar-refractivity contribution in [2.45, 2.75) is 38.1 Å². The number of piperidine rings is 1. The van der Waals surface area contributed by atoms with Crippen LogP contribution in [-0.4, -0.2) is 36.3 Å². The molecule has 3 aromatic carbocycles. The van der Waals surface area contributed by atoms with E-state index >= 15 is 0 Å². The lowest BCUT2D eigenvalue weighted by Gasteiger charge is -2.31. The lowest BCUT2D eigenvalue weighted by Crippen LogP contribution is -2.43. The number of para-hydroxylation sites is 1. The SMILES string of the molecule is CCn1c2ccccc2c2cc(NC(=O)[C@@H]3CCCN(S(=O)(=O)c4ccc(C)cc4)C3)ccc21. The predicted octanol–water partition coefficient (Wildman–Crippen LogP) is 5.16. The van der Waals surface area contributed by atoms with Crippen molar-refractivity contribution in [2.75, 3.05) is 18.4 Å². The summed E-state index contributed by atoms with van der Waals surface area (Å²) in [6, 6.07) is 21.1. The normalized spacial score (nSPS) is 17.3. The molecular formula is C27H29N3O3S. The molecule has 0 aliphatic carbocycles. The molecule has 1 saturated heterocycles. The number of benzene rings is 3. The van der Waals surface area contributed by atoms with E-state index in [1.807, 2.05) is 37.3 Å². The molecule has 7 heteroatoms. The first-order valence-corrected chi connectivity index (χ1v) is 13.2. The number of hydrogen-bond donors (Lipinski definition) is 1. The number of nitrogens with one attached hydrogen (secondary N) is 1. The first-order chi connectivity index (χ1) is 16.4. The predicted molar refractivity (Wildman–Crippen MR) is 136 cm³/mol. The lowest BCUT2D eigenvalue weighted by atomic mass is 9.98. The summed E-state index contributed by atoms with van der Waals surface area (Å²) in [7, 11) is -3.62. The van der Waals surface area contributed by atoms with E-state index in [0.717, 1.165) is 34.1 Å². The zero-order valence-corrected chi connectivity index (χ0v) is 20.3. The minimum atomic E-state index is -3.62. The van der Waals surface area contributed by atoms with Gasteiger partial charge in [-0.25, -0.2) is 8.42 Å².